The molecule has 0 saturated carbocycles. The molecule has 1 aromatic rings. The largest absolute Gasteiger partial charge is 0.401 e. The van der Waals surface area contributed by atoms with Crippen LogP contribution in [0.3, 0.4) is 0 Å². The Balaban J connectivity index is 2.27. The Labute approximate surface area is 90.6 Å². The Bertz CT molecular complexity index is 338. The van der Waals surface area contributed by atoms with Gasteiger partial charge in [0, 0.05) is 5.56 Å². The second kappa shape index (κ2) is 5.50. The molecule has 0 heterocycles. The quantitative estimate of drug-likeness (QED) is 0.610. The van der Waals surface area contributed by atoms with E-state index < -0.39 is 18.6 Å². The van der Waals surface area contributed by atoms with Gasteiger partial charge in [-0.05, 0) is 12.1 Å². The van der Waals surface area contributed by atoms with Crippen LogP contribution < -0.4 is 10.6 Å². The van der Waals surface area contributed by atoms with Crippen molar-refractivity contribution >= 4 is 5.91 Å². The molecule has 1 amide bonds. The van der Waals surface area contributed by atoms with E-state index in [0.717, 1.165) is 0 Å². The fourth-order valence-electron chi connectivity index (χ4n) is 1.04. The van der Waals surface area contributed by atoms with Crippen molar-refractivity contribution in [3.8, 4) is 0 Å². The van der Waals surface area contributed by atoms with Gasteiger partial charge in [0.25, 0.3) is 5.91 Å². The number of alkyl halides is 3. The average Bonchev–Trinajstić information content (AvgIpc) is 2.24. The van der Waals surface area contributed by atoms with Crippen molar-refractivity contribution in [1.29, 1.82) is 0 Å². The van der Waals surface area contributed by atoms with Crippen molar-refractivity contribution < 1.29 is 18.0 Å². The first-order chi connectivity index (χ1) is 7.49. The molecule has 0 atom stereocenters. The van der Waals surface area contributed by atoms with Crippen LogP contribution in [0.15, 0.2) is 30.3 Å². The first-order valence-corrected chi connectivity index (χ1v) is 4.60. The summed E-state index contributed by atoms with van der Waals surface area (Å²) >= 11 is 0. The van der Waals surface area contributed by atoms with Crippen molar-refractivity contribution in [3.05, 3.63) is 35.9 Å². The fourth-order valence-corrected chi connectivity index (χ4v) is 1.04. The zero-order chi connectivity index (χ0) is 12.0. The van der Waals surface area contributed by atoms with Gasteiger partial charge < -0.3 is 5.32 Å². The molecule has 0 aliphatic heterocycles. The Morgan fingerprint density at radius 2 is 1.81 bits per heavy atom. The Kier molecular flexibility index (Phi) is 4.30. The van der Waals surface area contributed by atoms with E-state index in [1.165, 1.54) is 0 Å². The molecule has 6 heteroatoms. The SMILES string of the molecule is O=C(NCNCC(F)(F)F)c1ccccc1. The maximum absolute atomic E-state index is 11.7. The normalized spacial score (nSPS) is 11.2. The first-order valence-electron chi connectivity index (χ1n) is 4.60. The minimum atomic E-state index is -4.27. The van der Waals surface area contributed by atoms with E-state index in [0.29, 0.717) is 5.56 Å². The van der Waals surface area contributed by atoms with Gasteiger partial charge in [0.05, 0.1) is 13.2 Å². The van der Waals surface area contributed by atoms with Gasteiger partial charge in [-0.2, -0.15) is 13.2 Å². The molecule has 0 radical (unpaired) electrons. The van der Waals surface area contributed by atoms with Crippen LogP contribution in [0.2, 0.25) is 0 Å². The van der Waals surface area contributed by atoms with Crippen molar-refractivity contribution in [2.75, 3.05) is 13.2 Å². The van der Waals surface area contributed by atoms with E-state index >= 15 is 0 Å². The van der Waals surface area contributed by atoms with E-state index in [2.05, 4.69) is 10.6 Å². The van der Waals surface area contributed by atoms with Crippen LogP contribution in [-0.4, -0.2) is 25.3 Å². The number of hydrogen-bond acceptors (Lipinski definition) is 2. The second-order valence-electron chi connectivity index (χ2n) is 3.09. The summed E-state index contributed by atoms with van der Waals surface area (Å²) in [5.41, 5.74) is 0.413. The molecule has 0 spiro atoms. The van der Waals surface area contributed by atoms with E-state index in [4.69, 9.17) is 0 Å². The van der Waals surface area contributed by atoms with Gasteiger partial charge in [0.15, 0.2) is 0 Å². The molecular formula is C10H11F3N2O. The number of rotatable bonds is 4. The van der Waals surface area contributed by atoms with Gasteiger partial charge >= 0.3 is 6.18 Å². The standard InChI is InChI=1S/C10H11F3N2O/c11-10(12,13)6-14-7-15-9(16)8-4-2-1-3-5-8/h1-5,14H,6-7H2,(H,15,16). The first kappa shape index (κ1) is 12.5. The van der Waals surface area contributed by atoms with Crippen LogP contribution in [0.1, 0.15) is 10.4 Å². The fraction of sp³-hybridized carbons (Fsp3) is 0.300. The van der Waals surface area contributed by atoms with Crippen molar-refractivity contribution in [1.82, 2.24) is 10.6 Å². The van der Waals surface area contributed by atoms with Gasteiger partial charge in [-0.1, -0.05) is 18.2 Å². The molecule has 1 aromatic carbocycles. The van der Waals surface area contributed by atoms with Gasteiger partial charge in [-0.25, -0.2) is 0 Å². The molecule has 0 aliphatic rings. The summed E-state index contributed by atoms with van der Waals surface area (Å²) in [4.78, 5) is 11.3. The monoisotopic (exact) mass is 232 g/mol. The molecule has 0 fully saturated rings. The van der Waals surface area contributed by atoms with Crippen LogP contribution in [-0.2, 0) is 0 Å². The van der Waals surface area contributed by atoms with Crippen LogP contribution in [0.4, 0.5) is 13.2 Å². The summed E-state index contributed by atoms with van der Waals surface area (Å²) in [6.07, 6.45) is -4.27. The number of nitrogens with one attached hydrogen (secondary N) is 2. The Hall–Kier alpha value is -1.56. The third kappa shape index (κ3) is 4.79. The molecule has 0 aromatic heterocycles. The number of benzene rings is 1. The smallest absolute Gasteiger partial charge is 0.339 e. The summed E-state index contributed by atoms with van der Waals surface area (Å²) in [6, 6.07) is 8.27. The third-order valence-electron chi connectivity index (χ3n) is 1.74. The molecule has 0 bridgehead atoms. The number of amides is 1. The van der Waals surface area contributed by atoms with Crippen molar-refractivity contribution in [3.63, 3.8) is 0 Å². The number of carbonyl (C=O) groups is 1. The van der Waals surface area contributed by atoms with Crippen LogP contribution >= 0.6 is 0 Å². The third-order valence-corrected chi connectivity index (χ3v) is 1.74. The number of carbonyl (C=O) groups excluding carboxylic acids is 1. The van der Waals surface area contributed by atoms with Gasteiger partial charge in [0.1, 0.15) is 0 Å². The highest BCUT2D eigenvalue weighted by molar-refractivity contribution is 5.94. The van der Waals surface area contributed by atoms with Gasteiger partial charge in [-0.15, -0.1) is 0 Å². The zero-order valence-corrected chi connectivity index (χ0v) is 8.34. The molecule has 2 N–H and O–H groups in total. The zero-order valence-electron chi connectivity index (χ0n) is 8.34. The van der Waals surface area contributed by atoms with Crippen LogP contribution in [0.5, 0.6) is 0 Å². The Morgan fingerprint density at radius 1 is 1.19 bits per heavy atom. The molecule has 1 rings (SSSR count). The van der Waals surface area contributed by atoms with E-state index in [1.54, 1.807) is 30.3 Å². The summed E-state index contributed by atoms with van der Waals surface area (Å²) in [6.45, 7) is -1.34. The highest BCUT2D eigenvalue weighted by atomic mass is 19.4. The molecular weight excluding hydrogens is 221 g/mol. The molecule has 0 unspecified atom stereocenters. The summed E-state index contributed by atoms with van der Waals surface area (Å²) in [5, 5.41) is 4.39. The molecule has 0 aliphatic carbocycles. The lowest BCUT2D eigenvalue weighted by molar-refractivity contribution is -0.124. The molecule has 3 nitrogen and oxygen atoms in total. The minimum absolute atomic E-state index is 0.215. The molecule has 88 valence electrons. The van der Waals surface area contributed by atoms with Crippen molar-refractivity contribution in [2.45, 2.75) is 6.18 Å². The predicted octanol–water partition coefficient (Wildman–Crippen LogP) is 1.53. The van der Waals surface area contributed by atoms with Crippen LogP contribution in [0.25, 0.3) is 0 Å². The topological polar surface area (TPSA) is 41.1 Å². The van der Waals surface area contributed by atoms with E-state index in [-0.39, 0.29) is 6.67 Å². The highest BCUT2D eigenvalue weighted by Gasteiger charge is 2.26. The lowest BCUT2D eigenvalue weighted by Gasteiger charge is -2.09. The predicted molar refractivity (Wildman–Crippen MR) is 52.8 cm³/mol. The van der Waals surface area contributed by atoms with E-state index in [1.807, 2.05) is 0 Å². The highest BCUT2D eigenvalue weighted by Crippen LogP contribution is 2.11. The Morgan fingerprint density at radius 3 is 2.38 bits per heavy atom. The van der Waals surface area contributed by atoms with E-state index in [9.17, 15) is 18.0 Å². The number of halogens is 3. The maximum atomic E-state index is 11.7. The average molecular weight is 232 g/mol. The van der Waals surface area contributed by atoms with Crippen molar-refractivity contribution in [2.24, 2.45) is 0 Å². The lowest BCUT2D eigenvalue weighted by atomic mass is 10.2. The minimum Gasteiger partial charge on any atom is -0.339 e. The summed E-state index contributed by atoms with van der Waals surface area (Å²) < 4.78 is 35.2. The van der Waals surface area contributed by atoms with Gasteiger partial charge in [-0.3, -0.25) is 10.1 Å². The maximum Gasteiger partial charge on any atom is 0.401 e. The number of hydrogen-bond donors (Lipinski definition) is 2. The van der Waals surface area contributed by atoms with Gasteiger partial charge in [0.2, 0.25) is 0 Å². The summed E-state index contributed by atoms with van der Waals surface area (Å²) in [7, 11) is 0. The second-order valence-corrected chi connectivity index (χ2v) is 3.09. The summed E-state index contributed by atoms with van der Waals surface area (Å²) in [5.74, 6) is -0.407. The molecule has 16 heavy (non-hydrogen) atoms. The molecule has 0 saturated heterocycles. The van der Waals surface area contributed by atoms with Crippen LogP contribution in [0, 0.1) is 0 Å². The lowest BCUT2D eigenvalue weighted by Crippen LogP contribution is -2.38.